The fourth-order valence-electron chi connectivity index (χ4n) is 2.29. The normalized spacial score (nSPS) is 11.1. The smallest absolute Gasteiger partial charge is 0.217 e. The maximum atomic E-state index is 11.6. The lowest BCUT2D eigenvalue weighted by atomic mass is 10.1. The average molecular weight is 295 g/mol. The first-order chi connectivity index (χ1) is 10.2. The number of unbranched alkanes of at least 4 members (excludes halogenated alkanes) is 9. The molecule has 0 fully saturated rings. The number of hydrogen-bond donors (Lipinski definition) is 1. The molecule has 0 aromatic rings. The van der Waals surface area contributed by atoms with Gasteiger partial charge in [0.25, 0.3) is 0 Å². The Balaban J connectivity index is 3.32. The zero-order valence-corrected chi connectivity index (χ0v) is 13.7. The van der Waals surface area contributed by atoms with Crippen LogP contribution in [0.2, 0.25) is 0 Å². The van der Waals surface area contributed by atoms with Crippen molar-refractivity contribution in [2.24, 2.45) is 5.73 Å². The minimum atomic E-state index is -0.226. The predicted octanol–water partition coefficient (Wildman–Crippen LogP) is 4.69. The van der Waals surface area contributed by atoms with E-state index in [1.54, 1.807) is 6.08 Å². The van der Waals surface area contributed by atoms with E-state index in [1.807, 2.05) is 6.08 Å². The van der Waals surface area contributed by atoms with Crippen LogP contribution in [0.1, 0.15) is 90.4 Å². The molecule has 21 heavy (non-hydrogen) atoms. The van der Waals surface area contributed by atoms with Crippen LogP contribution >= 0.6 is 0 Å². The van der Waals surface area contributed by atoms with Gasteiger partial charge in [0.05, 0.1) is 0 Å². The highest BCUT2D eigenvalue weighted by Gasteiger charge is 1.97. The van der Waals surface area contributed by atoms with Crippen LogP contribution in [0.3, 0.4) is 0 Å². The maximum absolute atomic E-state index is 11.6. The zero-order chi connectivity index (χ0) is 15.8. The molecular formula is C18H33NO2. The summed E-state index contributed by atoms with van der Waals surface area (Å²) in [7, 11) is 0. The summed E-state index contributed by atoms with van der Waals surface area (Å²) in [5.41, 5.74) is 5.07. The van der Waals surface area contributed by atoms with E-state index in [2.05, 4.69) is 6.92 Å². The van der Waals surface area contributed by atoms with Crippen LogP contribution < -0.4 is 5.73 Å². The zero-order valence-electron chi connectivity index (χ0n) is 13.7. The van der Waals surface area contributed by atoms with Crippen LogP contribution in [-0.2, 0) is 9.59 Å². The van der Waals surface area contributed by atoms with Crippen molar-refractivity contribution in [2.45, 2.75) is 90.4 Å². The van der Waals surface area contributed by atoms with E-state index in [9.17, 15) is 9.59 Å². The maximum Gasteiger partial charge on any atom is 0.217 e. The van der Waals surface area contributed by atoms with Gasteiger partial charge >= 0.3 is 0 Å². The first-order valence-electron chi connectivity index (χ1n) is 8.64. The summed E-state index contributed by atoms with van der Waals surface area (Å²) in [6.45, 7) is 2.22. The van der Waals surface area contributed by atoms with Crippen LogP contribution in [0, 0.1) is 0 Å². The van der Waals surface area contributed by atoms with Gasteiger partial charge in [-0.15, -0.1) is 0 Å². The van der Waals surface area contributed by atoms with Crippen molar-refractivity contribution in [3.8, 4) is 0 Å². The lowest BCUT2D eigenvalue weighted by Gasteiger charge is -1.99. The lowest BCUT2D eigenvalue weighted by Crippen LogP contribution is -2.09. The van der Waals surface area contributed by atoms with E-state index in [-0.39, 0.29) is 11.7 Å². The van der Waals surface area contributed by atoms with Gasteiger partial charge in [-0.05, 0) is 31.8 Å². The van der Waals surface area contributed by atoms with Crippen molar-refractivity contribution in [1.82, 2.24) is 0 Å². The number of rotatable bonds is 15. The molecule has 0 saturated carbocycles. The van der Waals surface area contributed by atoms with Crippen molar-refractivity contribution in [1.29, 1.82) is 0 Å². The quantitative estimate of drug-likeness (QED) is 0.352. The summed E-state index contributed by atoms with van der Waals surface area (Å²) < 4.78 is 0. The molecule has 0 bridgehead atoms. The van der Waals surface area contributed by atoms with E-state index in [4.69, 9.17) is 5.73 Å². The van der Waals surface area contributed by atoms with Crippen LogP contribution in [0.25, 0.3) is 0 Å². The third kappa shape index (κ3) is 16.8. The number of hydrogen-bond acceptors (Lipinski definition) is 2. The molecule has 0 atom stereocenters. The number of allylic oxidation sites excluding steroid dienone is 2. The number of nitrogens with two attached hydrogens (primary N) is 1. The summed E-state index contributed by atoms with van der Waals surface area (Å²) >= 11 is 0. The van der Waals surface area contributed by atoms with Crippen molar-refractivity contribution < 1.29 is 9.59 Å². The average Bonchev–Trinajstić information content (AvgIpc) is 2.45. The molecule has 0 aliphatic heterocycles. The molecule has 2 N–H and O–H groups in total. The van der Waals surface area contributed by atoms with Crippen molar-refractivity contribution in [2.75, 3.05) is 0 Å². The minimum absolute atomic E-state index is 0.226. The second-order valence-corrected chi connectivity index (χ2v) is 5.81. The molecule has 3 heteroatoms. The monoisotopic (exact) mass is 295 g/mol. The van der Waals surface area contributed by atoms with E-state index >= 15 is 0 Å². The summed E-state index contributed by atoms with van der Waals surface area (Å²) in [6, 6.07) is 0. The third-order valence-electron chi connectivity index (χ3n) is 3.62. The molecule has 0 aliphatic carbocycles. The predicted molar refractivity (Wildman–Crippen MR) is 89.0 cm³/mol. The first kappa shape index (κ1) is 19.9. The second kappa shape index (κ2) is 15.3. The molecule has 0 aromatic heterocycles. The summed E-state index contributed by atoms with van der Waals surface area (Å²) in [4.78, 5) is 22.1. The molecule has 0 radical (unpaired) electrons. The summed E-state index contributed by atoms with van der Waals surface area (Å²) in [5, 5.41) is 0. The highest BCUT2D eigenvalue weighted by molar-refractivity contribution is 5.89. The van der Waals surface area contributed by atoms with Crippen LogP contribution in [0.15, 0.2) is 12.2 Å². The molecule has 122 valence electrons. The second-order valence-electron chi connectivity index (χ2n) is 5.81. The van der Waals surface area contributed by atoms with Crippen molar-refractivity contribution in [3.05, 3.63) is 12.2 Å². The lowest BCUT2D eigenvalue weighted by molar-refractivity contribution is -0.118. The summed E-state index contributed by atoms with van der Waals surface area (Å²) in [6.07, 6.45) is 17.4. The Morgan fingerprint density at radius 1 is 0.810 bits per heavy atom. The SMILES string of the molecule is CCCCCCCCCC(=O)C=CCCCCCC(N)=O. The Hall–Kier alpha value is -1.12. The fourth-order valence-corrected chi connectivity index (χ4v) is 2.29. The van der Waals surface area contributed by atoms with Gasteiger partial charge in [0.1, 0.15) is 0 Å². The fraction of sp³-hybridized carbons (Fsp3) is 0.778. The van der Waals surface area contributed by atoms with Crippen molar-refractivity contribution >= 4 is 11.7 Å². The number of amides is 1. The molecule has 0 rings (SSSR count). The van der Waals surface area contributed by atoms with Gasteiger partial charge in [0.2, 0.25) is 5.91 Å². The van der Waals surface area contributed by atoms with Gasteiger partial charge in [-0.25, -0.2) is 0 Å². The molecule has 0 heterocycles. The van der Waals surface area contributed by atoms with Gasteiger partial charge in [-0.1, -0.05) is 57.9 Å². The van der Waals surface area contributed by atoms with E-state index < -0.39 is 0 Å². The van der Waals surface area contributed by atoms with Crippen molar-refractivity contribution in [3.63, 3.8) is 0 Å². The molecular weight excluding hydrogens is 262 g/mol. The first-order valence-corrected chi connectivity index (χ1v) is 8.64. The Morgan fingerprint density at radius 3 is 2.05 bits per heavy atom. The number of ketones is 1. The van der Waals surface area contributed by atoms with Gasteiger partial charge < -0.3 is 5.73 Å². The highest BCUT2D eigenvalue weighted by Crippen LogP contribution is 2.09. The molecule has 0 saturated heterocycles. The Kier molecular flexibility index (Phi) is 14.5. The topological polar surface area (TPSA) is 60.2 Å². The number of carbonyl (C=O) groups excluding carboxylic acids is 2. The molecule has 0 unspecified atom stereocenters. The van der Waals surface area contributed by atoms with E-state index in [0.29, 0.717) is 12.8 Å². The highest BCUT2D eigenvalue weighted by atomic mass is 16.1. The van der Waals surface area contributed by atoms with Gasteiger partial charge in [0, 0.05) is 12.8 Å². The van der Waals surface area contributed by atoms with E-state index in [0.717, 1.165) is 32.1 Å². The van der Waals surface area contributed by atoms with Crippen LogP contribution in [0.4, 0.5) is 0 Å². The number of carbonyl (C=O) groups is 2. The van der Waals surface area contributed by atoms with Gasteiger partial charge in [-0.3, -0.25) is 9.59 Å². The van der Waals surface area contributed by atoms with Gasteiger partial charge in [-0.2, -0.15) is 0 Å². The largest absolute Gasteiger partial charge is 0.370 e. The van der Waals surface area contributed by atoms with Gasteiger partial charge in [0.15, 0.2) is 5.78 Å². The molecule has 0 aliphatic rings. The third-order valence-corrected chi connectivity index (χ3v) is 3.62. The number of primary amides is 1. The van der Waals surface area contributed by atoms with Crippen LogP contribution in [-0.4, -0.2) is 11.7 Å². The van der Waals surface area contributed by atoms with E-state index in [1.165, 1.54) is 38.5 Å². The standard InChI is InChI=1S/C18H33NO2/c1-2-3-4-5-6-8-11-14-17(20)15-12-9-7-10-13-16-18(19)21/h12,15H,2-11,13-14,16H2,1H3,(H2,19,21). The van der Waals surface area contributed by atoms with Crippen LogP contribution in [0.5, 0.6) is 0 Å². The molecule has 0 spiro atoms. The minimum Gasteiger partial charge on any atom is -0.370 e. The molecule has 0 aromatic carbocycles. The Labute approximate surface area is 130 Å². The Bertz CT molecular complexity index is 298. The molecule has 1 amide bonds. The summed E-state index contributed by atoms with van der Waals surface area (Å²) in [5.74, 6) is 0.0242. The molecule has 3 nitrogen and oxygen atoms in total. The Morgan fingerprint density at radius 2 is 1.38 bits per heavy atom.